The average Bonchev–Trinajstić information content (AvgIpc) is 3.52. The van der Waals surface area contributed by atoms with Gasteiger partial charge < -0.3 is 5.11 Å². The zero-order chi connectivity index (χ0) is 26.4. The first-order valence-corrected chi connectivity index (χ1v) is 13.6. The van der Waals surface area contributed by atoms with Gasteiger partial charge in [-0.2, -0.15) is 0 Å². The number of hydrogen-bond donors (Lipinski definition) is 1. The number of fused-ring (bicyclic) bond motifs is 4. The van der Waals surface area contributed by atoms with Gasteiger partial charge in [0.2, 0.25) is 4.96 Å². The third-order valence-electron chi connectivity index (χ3n) is 6.74. The number of aliphatic hydroxyl groups is 1. The van der Waals surface area contributed by atoms with Crippen molar-refractivity contribution in [1.82, 2.24) is 24.6 Å². The van der Waals surface area contributed by atoms with E-state index in [9.17, 15) is 9.90 Å². The summed E-state index contributed by atoms with van der Waals surface area (Å²) < 4.78 is 2.88. The number of hydrogen-bond acceptors (Lipinski definition) is 7. The maximum atomic E-state index is 11.7. The van der Waals surface area contributed by atoms with Crippen molar-refractivity contribution in [2.45, 2.75) is 53.4 Å². The predicted octanol–water partition coefficient (Wildman–Crippen LogP) is 7.22. The number of rotatable bonds is 8. The Labute approximate surface area is 240 Å². The minimum absolute atomic E-state index is 0. The van der Waals surface area contributed by atoms with Crippen molar-refractivity contribution in [3.8, 4) is 11.3 Å². The van der Waals surface area contributed by atoms with Crippen LogP contribution in [0.4, 0.5) is 0 Å². The Morgan fingerprint density at radius 1 is 1.05 bits per heavy atom. The zero-order valence-electron chi connectivity index (χ0n) is 22.0. The molecule has 7 nitrogen and oxygen atoms in total. The third-order valence-corrected chi connectivity index (χ3v) is 7.78. The Bertz CT molecular complexity index is 1540. The molecule has 0 unspecified atom stereocenters. The number of benzene rings is 2. The standard InChI is InChI=1S/C16H8N5S.C13H24O2.Ir/c1-2-4-11-7-12(6-5-10(11)3-1)13-14-15(18-8-17-13)21-9-19-20-16(21)22-14;1-5-10(6-2)12(14)9-13(15)11(7-3)8-4;/h1-5,7-9H;9-11,14H,5-8H2,1-4H3;/q-1;;/b;12-9-;. The minimum atomic E-state index is 0. The van der Waals surface area contributed by atoms with Crippen LogP contribution in [0, 0.1) is 17.9 Å². The molecular formula is C29H32IrN5O2S-. The molecule has 0 amide bonds. The van der Waals surface area contributed by atoms with E-state index < -0.39 is 0 Å². The fourth-order valence-electron chi connectivity index (χ4n) is 4.40. The van der Waals surface area contributed by atoms with Crippen LogP contribution in [0.3, 0.4) is 0 Å². The SMILES string of the molecule is CCC(CC)C(=O)/C=C(\O)C(CC)CC.[Ir].[c-]1cc2ccccc2cc1-c1ncnc2c1sc1nncn12. The van der Waals surface area contributed by atoms with E-state index in [-0.39, 0.29) is 43.5 Å². The quantitative estimate of drug-likeness (QED) is 0.104. The summed E-state index contributed by atoms with van der Waals surface area (Å²) in [5, 5.41) is 20.1. The molecule has 0 atom stereocenters. The number of nitrogens with zero attached hydrogens (tertiary/aromatic N) is 5. The van der Waals surface area contributed by atoms with E-state index in [1.165, 1.54) is 28.2 Å². The van der Waals surface area contributed by atoms with Crippen molar-refractivity contribution in [2.75, 3.05) is 0 Å². The number of aliphatic hydroxyl groups excluding tert-OH is 1. The van der Waals surface area contributed by atoms with Crippen LogP contribution in [0.5, 0.6) is 0 Å². The van der Waals surface area contributed by atoms with Gasteiger partial charge in [0.25, 0.3) is 0 Å². The number of carbonyl (C=O) groups is 1. The third kappa shape index (κ3) is 6.34. The number of aromatic nitrogens is 5. The van der Waals surface area contributed by atoms with Gasteiger partial charge in [-0.15, -0.1) is 50.7 Å². The van der Waals surface area contributed by atoms with Crippen LogP contribution in [0.15, 0.2) is 60.9 Å². The van der Waals surface area contributed by atoms with Gasteiger partial charge in [0, 0.05) is 43.7 Å². The van der Waals surface area contributed by atoms with Crippen molar-refractivity contribution in [1.29, 1.82) is 0 Å². The van der Waals surface area contributed by atoms with Crippen LogP contribution in [0.2, 0.25) is 0 Å². The van der Waals surface area contributed by atoms with E-state index in [2.05, 4.69) is 44.4 Å². The molecule has 0 aliphatic carbocycles. The van der Waals surface area contributed by atoms with Crippen LogP contribution in [0.25, 0.3) is 37.3 Å². The van der Waals surface area contributed by atoms with E-state index in [0.717, 1.165) is 52.2 Å². The average molecular weight is 707 g/mol. The molecule has 2 aromatic carbocycles. The summed E-state index contributed by atoms with van der Waals surface area (Å²) in [7, 11) is 0. The van der Waals surface area contributed by atoms with Gasteiger partial charge in [-0.05, 0) is 25.7 Å². The molecule has 1 N–H and O–H groups in total. The topological polar surface area (TPSA) is 93.3 Å². The Hall–Kier alpha value is -3.00. The fourth-order valence-corrected chi connectivity index (χ4v) is 5.40. The summed E-state index contributed by atoms with van der Waals surface area (Å²) in [4.78, 5) is 21.4. The van der Waals surface area contributed by atoms with Gasteiger partial charge in [-0.25, -0.2) is 4.98 Å². The molecule has 0 saturated heterocycles. The Morgan fingerprint density at radius 3 is 2.42 bits per heavy atom. The second-order valence-corrected chi connectivity index (χ2v) is 9.91. The van der Waals surface area contributed by atoms with E-state index in [0.29, 0.717) is 0 Å². The van der Waals surface area contributed by atoms with Crippen LogP contribution in [0.1, 0.15) is 53.4 Å². The van der Waals surface area contributed by atoms with Gasteiger partial charge in [-0.1, -0.05) is 57.3 Å². The molecule has 0 aliphatic heterocycles. The number of allylic oxidation sites excluding steroid dienone is 2. The van der Waals surface area contributed by atoms with E-state index >= 15 is 0 Å². The molecule has 0 bridgehead atoms. The first kappa shape index (κ1) is 29.6. The molecular weight excluding hydrogens is 675 g/mol. The van der Waals surface area contributed by atoms with Crippen molar-refractivity contribution < 1.29 is 30.0 Å². The maximum absolute atomic E-state index is 11.7. The molecule has 1 radical (unpaired) electrons. The van der Waals surface area contributed by atoms with E-state index in [1.54, 1.807) is 12.7 Å². The summed E-state index contributed by atoms with van der Waals surface area (Å²) >= 11 is 1.54. The minimum Gasteiger partial charge on any atom is -0.512 e. The van der Waals surface area contributed by atoms with Gasteiger partial charge in [0.05, 0.1) is 10.5 Å². The first-order chi connectivity index (χ1) is 18.0. The molecule has 0 fully saturated rings. The second-order valence-electron chi connectivity index (χ2n) is 8.93. The number of ketones is 1. The van der Waals surface area contributed by atoms with Crippen molar-refractivity contribution in [3.05, 3.63) is 67.0 Å². The summed E-state index contributed by atoms with van der Waals surface area (Å²) in [5.41, 5.74) is 2.67. The van der Waals surface area contributed by atoms with Crippen molar-refractivity contribution in [3.63, 3.8) is 0 Å². The van der Waals surface area contributed by atoms with Gasteiger partial charge in [0.1, 0.15) is 12.7 Å². The van der Waals surface area contributed by atoms with Crippen molar-refractivity contribution >= 4 is 43.2 Å². The summed E-state index contributed by atoms with van der Waals surface area (Å²) in [6.07, 6.45) is 8.16. The summed E-state index contributed by atoms with van der Waals surface area (Å²) in [6.45, 7) is 8.07. The Balaban J connectivity index is 0.000000223. The van der Waals surface area contributed by atoms with Crippen LogP contribution < -0.4 is 0 Å². The molecule has 3 aromatic heterocycles. The zero-order valence-corrected chi connectivity index (χ0v) is 25.2. The summed E-state index contributed by atoms with van der Waals surface area (Å²) in [5.74, 6) is 0.547. The fraction of sp³-hybridized carbons (Fsp3) is 0.345. The number of carbonyl (C=O) groups excluding carboxylic acids is 1. The smallest absolute Gasteiger partial charge is 0.217 e. The molecule has 0 spiro atoms. The van der Waals surface area contributed by atoms with Crippen LogP contribution in [-0.4, -0.2) is 35.5 Å². The summed E-state index contributed by atoms with van der Waals surface area (Å²) in [6, 6.07) is 15.7. The largest absolute Gasteiger partial charge is 0.512 e. The Kier molecular flexibility index (Phi) is 10.6. The monoisotopic (exact) mass is 707 g/mol. The first-order valence-electron chi connectivity index (χ1n) is 12.8. The second kappa shape index (κ2) is 13.7. The Morgan fingerprint density at radius 2 is 1.74 bits per heavy atom. The predicted molar refractivity (Wildman–Crippen MR) is 150 cm³/mol. The molecule has 5 rings (SSSR count). The molecule has 9 heteroatoms. The molecule has 0 saturated carbocycles. The van der Waals surface area contributed by atoms with Crippen molar-refractivity contribution in [2.24, 2.45) is 11.8 Å². The van der Waals surface area contributed by atoms with E-state index in [4.69, 9.17) is 0 Å². The molecule has 5 aromatic rings. The van der Waals surface area contributed by atoms with Gasteiger partial charge in [-0.3, -0.25) is 14.2 Å². The van der Waals surface area contributed by atoms with Crippen LogP contribution >= 0.6 is 11.3 Å². The van der Waals surface area contributed by atoms with Gasteiger partial charge in [0.15, 0.2) is 11.4 Å². The molecule has 38 heavy (non-hydrogen) atoms. The molecule has 201 valence electrons. The van der Waals surface area contributed by atoms with E-state index in [1.807, 2.05) is 50.3 Å². The molecule has 3 heterocycles. The molecule has 0 aliphatic rings. The van der Waals surface area contributed by atoms with Gasteiger partial charge >= 0.3 is 0 Å². The maximum Gasteiger partial charge on any atom is 0.217 e. The number of thiazole rings is 1. The normalized spacial score (nSPS) is 11.7. The van der Waals surface area contributed by atoms with Crippen LogP contribution in [-0.2, 0) is 24.9 Å².